The molecule has 154 valence electrons. The molecule has 0 saturated heterocycles. The van der Waals surface area contributed by atoms with Crippen molar-refractivity contribution in [2.24, 2.45) is 0 Å². The van der Waals surface area contributed by atoms with Gasteiger partial charge in [0.25, 0.3) is 10.0 Å². The number of thioether (sulfide) groups is 1. The fourth-order valence-electron chi connectivity index (χ4n) is 2.67. The molecule has 1 amide bonds. The lowest BCUT2D eigenvalue weighted by atomic mass is 10.2. The molecule has 1 heterocycles. The summed E-state index contributed by atoms with van der Waals surface area (Å²) in [4.78, 5) is 17.4. The highest BCUT2D eigenvalue weighted by Crippen LogP contribution is 2.35. The number of benzene rings is 2. The van der Waals surface area contributed by atoms with E-state index in [1.807, 2.05) is 32.0 Å². The lowest BCUT2D eigenvalue weighted by Gasteiger charge is -2.14. The second-order valence-corrected chi connectivity index (χ2v) is 10.4. The topological polar surface area (TPSA) is 85.4 Å². The van der Waals surface area contributed by atoms with Crippen LogP contribution in [0.15, 0.2) is 57.8 Å². The molecule has 1 unspecified atom stereocenters. The average molecular weight is 451 g/mol. The van der Waals surface area contributed by atoms with Gasteiger partial charge in [0.2, 0.25) is 5.91 Å². The van der Waals surface area contributed by atoms with E-state index in [2.05, 4.69) is 9.71 Å². The van der Waals surface area contributed by atoms with E-state index in [1.165, 1.54) is 35.2 Å². The summed E-state index contributed by atoms with van der Waals surface area (Å²) in [6, 6.07) is 13.6. The molecule has 3 aromatic rings. The van der Waals surface area contributed by atoms with Crippen LogP contribution in [0.2, 0.25) is 0 Å². The Labute approximate surface area is 178 Å². The van der Waals surface area contributed by atoms with Crippen molar-refractivity contribution in [2.45, 2.75) is 41.2 Å². The molecular weight excluding hydrogens is 428 g/mol. The number of carbonyl (C=O) groups is 1. The van der Waals surface area contributed by atoms with Crippen molar-refractivity contribution in [3.8, 4) is 5.75 Å². The number of rotatable bonds is 9. The molecule has 6 nitrogen and oxygen atoms in total. The Morgan fingerprint density at radius 1 is 1.21 bits per heavy atom. The van der Waals surface area contributed by atoms with Gasteiger partial charge >= 0.3 is 0 Å². The van der Waals surface area contributed by atoms with Crippen LogP contribution >= 0.6 is 23.1 Å². The minimum absolute atomic E-state index is 0.0667. The van der Waals surface area contributed by atoms with Crippen molar-refractivity contribution in [3.05, 3.63) is 48.5 Å². The molecule has 29 heavy (non-hydrogen) atoms. The normalized spacial score (nSPS) is 12.6. The van der Waals surface area contributed by atoms with Crippen LogP contribution in [0.4, 0.5) is 0 Å². The van der Waals surface area contributed by atoms with Crippen LogP contribution in [-0.4, -0.2) is 31.2 Å². The van der Waals surface area contributed by atoms with E-state index in [0.717, 1.165) is 26.7 Å². The third kappa shape index (κ3) is 5.49. The summed E-state index contributed by atoms with van der Waals surface area (Å²) in [6.45, 7) is 4.47. The first-order valence-electron chi connectivity index (χ1n) is 9.24. The summed E-state index contributed by atoms with van der Waals surface area (Å²) >= 11 is 2.76. The Kier molecular flexibility index (Phi) is 7.15. The molecule has 0 radical (unpaired) electrons. The fraction of sp³-hybridized carbons (Fsp3) is 0.300. The minimum Gasteiger partial charge on any atom is -0.494 e. The maximum atomic E-state index is 12.7. The van der Waals surface area contributed by atoms with Gasteiger partial charge in [0.15, 0.2) is 4.34 Å². The summed E-state index contributed by atoms with van der Waals surface area (Å²) in [7, 11) is -3.90. The van der Waals surface area contributed by atoms with Crippen molar-refractivity contribution < 1.29 is 17.9 Å². The monoisotopic (exact) mass is 450 g/mol. The molecule has 1 aromatic heterocycles. The van der Waals surface area contributed by atoms with Crippen LogP contribution in [0.1, 0.15) is 26.7 Å². The highest BCUT2D eigenvalue weighted by Gasteiger charge is 2.26. The number of sulfonamides is 1. The van der Waals surface area contributed by atoms with Gasteiger partial charge in [0.1, 0.15) is 5.75 Å². The van der Waals surface area contributed by atoms with Gasteiger partial charge < -0.3 is 4.74 Å². The fourth-order valence-corrected chi connectivity index (χ4v) is 6.24. The first-order valence-corrected chi connectivity index (χ1v) is 12.4. The summed E-state index contributed by atoms with van der Waals surface area (Å²) in [5.74, 6) is 0.243. The van der Waals surface area contributed by atoms with E-state index < -0.39 is 21.2 Å². The van der Waals surface area contributed by atoms with Gasteiger partial charge in [-0.15, -0.1) is 11.3 Å². The lowest BCUT2D eigenvalue weighted by Crippen LogP contribution is -2.37. The van der Waals surface area contributed by atoms with Crippen molar-refractivity contribution >= 4 is 49.2 Å². The number of carbonyl (C=O) groups excluding carboxylic acids is 1. The number of fused-ring (bicyclic) bond motifs is 1. The highest BCUT2D eigenvalue weighted by atomic mass is 32.2. The molecule has 9 heteroatoms. The standard InChI is InChI=1S/C20H22N2O4S3/c1-3-8-17(19(23)22-29(24,25)15-9-6-5-7-10-15)27-20-21-16-12-11-14(26-4-2)13-18(16)28-20/h5-7,9-13,17H,3-4,8H2,1-2H3,(H,22,23). The van der Waals surface area contributed by atoms with Crippen LogP contribution < -0.4 is 9.46 Å². The van der Waals surface area contributed by atoms with Crippen LogP contribution in [0.5, 0.6) is 5.75 Å². The predicted octanol–water partition coefficient (Wildman–Crippen LogP) is 4.46. The Morgan fingerprint density at radius 2 is 1.97 bits per heavy atom. The number of thiazole rings is 1. The molecule has 0 aliphatic carbocycles. The van der Waals surface area contributed by atoms with Gasteiger partial charge in [-0.3, -0.25) is 4.79 Å². The highest BCUT2D eigenvalue weighted by molar-refractivity contribution is 8.02. The van der Waals surface area contributed by atoms with Gasteiger partial charge in [0.05, 0.1) is 27.0 Å². The molecule has 0 aliphatic heterocycles. The summed E-state index contributed by atoms with van der Waals surface area (Å²) in [5, 5.41) is -0.551. The van der Waals surface area contributed by atoms with E-state index >= 15 is 0 Å². The van der Waals surface area contributed by atoms with Gasteiger partial charge in [-0.1, -0.05) is 43.3 Å². The van der Waals surface area contributed by atoms with E-state index in [9.17, 15) is 13.2 Å². The maximum Gasteiger partial charge on any atom is 0.264 e. The molecule has 0 saturated carbocycles. The zero-order valence-electron chi connectivity index (χ0n) is 16.1. The van der Waals surface area contributed by atoms with Gasteiger partial charge in [-0.25, -0.2) is 18.1 Å². The third-order valence-corrected chi connectivity index (χ3v) is 7.77. The SMILES string of the molecule is CCCC(Sc1nc2ccc(OCC)cc2s1)C(=O)NS(=O)(=O)c1ccccc1. The number of amides is 1. The second-order valence-electron chi connectivity index (χ2n) is 6.22. The first-order chi connectivity index (χ1) is 13.9. The molecule has 0 aliphatic rings. The Bertz CT molecular complexity index is 1080. The molecule has 2 aromatic carbocycles. The number of nitrogens with one attached hydrogen (secondary N) is 1. The Morgan fingerprint density at radius 3 is 2.66 bits per heavy atom. The van der Waals surface area contributed by atoms with Crippen LogP contribution in [0.25, 0.3) is 10.2 Å². The van der Waals surface area contributed by atoms with E-state index in [4.69, 9.17) is 4.74 Å². The van der Waals surface area contributed by atoms with Crippen molar-refractivity contribution in [3.63, 3.8) is 0 Å². The van der Waals surface area contributed by atoms with Gasteiger partial charge in [0, 0.05) is 0 Å². The van der Waals surface area contributed by atoms with Crippen molar-refractivity contribution in [1.82, 2.24) is 9.71 Å². The number of hydrogen-bond donors (Lipinski definition) is 1. The molecule has 0 fully saturated rings. The summed E-state index contributed by atoms with van der Waals surface area (Å²) in [6.07, 6.45) is 1.29. The predicted molar refractivity (Wildman–Crippen MR) is 117 cm³/mol. The summed E-state index contributed by atoms with van der Waals surface area (Å²) in [5.41, 5.74) is 0.827. The largest absolute Gasteiger partial charge is 0.494 e. The average Bonchev–Trinajstić information content (AvgIpc) is 3.10. The number of ether oxygens (including phenoxy) is 1. The van der Waals surface area contributed by atoms with Gasteiger partial charge in [-0.2, -0.15) is 0 Å². The zero-order chi connectivity index (χ0) is 20.9. The number of hydrogen-bond acceptors (Lipinski definition) is 7. The van der Waals surface area contributed by atoms with E-state index in [-0.39, 0.29) is 4.90 Å². The minimum atomic E-state index is -3.90. The second kappa shape index (κ2) is 9.60. The number of aromatic nitrogens is 1. The van der Waals surface area contributed by atoms with Crippen LogP contribution in [-0.2, 0) is 14.8 Å². The first kappa shape index (κ1) is 21.6. The molecule has 1 atom stereocenters. The Hall–Kier alpha value is -2.10. The van der Waals surface area contributed by atoms with Crippen LogP contribution in [0.3, 0.4) is 0 Å². The summed E-state index contributed by atoms with van der Waals surface area (Å²) < 4.78 is 34.4. The number of nitrogens with zero attached hydrogens (tertiary/aromatic N) is 1. The van der Waals surface area contributed by atoms with Crippen LogP contribution in [0, 0.1) is 0 Å². The van der Waals surface area contributed by atoms with Crippen molar-refractivity contribution in [2.75, 3.05) is 6.61 Å². The molecule has 3 rings (SSSR count). The maximum absolute atomic E-state index is 12.7. The molecule has 0 bridgehead atoms. The molecule has 0 spiro atoms. The zero-order valence-corrected chi connectivity index (χ0v) is 18.6. The molecular formula is C20H22N2O4S3. The smallest absolute Gasteiger partial charge is 0.264 e. The van der Waals surface area contributed by atoms with Gasteiger partial charge in [-0.05, 0) is 43.7 Å². The molecule has 1 N–H and O–H groups in total. The third-order valence-electron chi connectivity index (χ3n) is 4.03. The lowest BCUT2D eigenvalue weighted by molar-refractivity contribution is -0.118. The van der Waals surface area contributed by atoms with E-state index in [0.29, 0.717) is 13.0 Å². The quantitative estimate of drug-likeness (QED) is 0.485. The van der Waals surface area contributed by atoms with Crippen molar-refractivity contribution in [1.29, 1.82) is 0 Å². The Balaban J connectivity index is 1.77. The van der Waals surface area contributed by atoms with E-state index in [1.54, 1.807) is 18.2 Å².